The van der Waals surface area contributed by atoms with Crippen molar-refractivity contribution in [3.05, 3.63) is 66.5 Å². The Kier molecular flexibility index (Phi) is 6.91. The molecule has 0 unspecified atom stereocenters. The first-order chi connectivity index (χ1) is 15.7. The summed E-state index contributed by atoms with van der Waals surface area (Å²) in [5.41, 5.74) is 1.74. The highest BCUT2D eigenvalue weighted by Crippen LogP contribution is 2.21. The zero-order valence-electron chi connectivity index (χ0n) is 18.3. The predicted molar refractivity (Wildman–Crippen MR) is 122 cm³/mol. The van der Waals surface area contributed by atoms with E-state index in [1.165, 1.54) is 0 Å². The number of rotatable bonds is 7. The Balaban J connectivity index is 1.49. The van der Waals surface area contributed by atoms with Crippen molar-refractivity contribution in [1.82, 2.24) is 29.9 Å². The molecule has 8 heteroatoms. The number of amides is 2. The molecule has 1 aliphatic heterocycles. The van der Waals surface area contributed by atoms with Crippen molar-refractivity contribution in [2.75, 3.05) is 39.3 Å². The van der Waals surface area contributed by atoms with E-state index >= 15 is 0 Å². The van der Waals surface area contributed by atoms with Crippen molar-refractivity contribution in [3.63, 3.8) is 0 Å². The molecule has 0 radical (unpaired) electrons. The van der Waals surface area contributed by atoms with Crippen molar-refractivity contribution in [3.8, 4) is 17.1 Å². The minimum absolute atomic E-state index is 0.0300. The van der Waals surface area contributed by atoms with Crippen molar-refractivity contribution < 1.29 is 9.59 Å². The van der Waals surface area contributed by atoms with E-state index in [2.05, 4.69) is 20.3 Å². The van der Waals surface area contributed by atoms with Crippen LogP contribution in [0.2, 0.25) is 0 Å². The fraction of sp³-hybridized carbons (Fsp3) is 0.333. The van der Waals surface area contributed by atoms with Crippen LogP contribution in [0, 0.1) is 0 Å². The van der Waals surface area contributed by atoms with Gasteiger partial charge in [0, 0.05) is 38.3 Å². The highest BCUT2D eigenvalue weighted by Gasteiger charge is 2.27. The Bertz CT molecular complexity index is 986. The minimum Gasteiger partial charge on any atom is -0.355 e. The molecule has 0 aliphatic carbocycles. The van der Waals surface area contributed by atoms with Crippen LogP contribution in [-0.2, 0) is 4.79 Å². The van der Waals surface area contributed by atoms with Gasteiger partial charge in [0.2, 0.25) is 11.7 Å². The molecule has 0 saturated carbocycles. The Hall–Kier alpha value is -3.52. The first kappa shape index (κ1) is 21.7. The summed E-state index contributed by atoms with van der Waals surface area (Å²) in [6.45, 7) is 5.46. The molecular weight excluding hydrogens is 404 g/mol. The van der Waals surface area contributed by atoms with Crippen LogP contribution >= 0.6 is 0 Å². The van der Waals surface area contributed by atoms with Crippen molar-refractivity contribution >= 4 is 11.8 Å². The fourth-order valence-electron chi connectivity index (χ4n) is 3.70. The lowest BCUT2D eigenvalue weighted by Gasteiger charge is -2.33. The minimum atomic E-state index is -0.188. The van der Waals surface area contributed by atoms with Gasteiger partial charge in [0.05, 0.1) is 12.2 Å². The first-order valence-electron chi connectivity index (χ1n) is 11.0. The molecule has 8 nitrogen and oxygen atoms in total. The summed E-state index contributed by atoms with van der Waals surface area (Å²) in [6.07, 6.45) is 0.918. The number of nitrogens with one attached hydrogen (secondary N) is 1. The van der Waals surface area contributed by atoms with Gasteiger partial charge in [0.15, 0.2) is 5.82 Å². The number of aromatic nitrogens is 3. The first-order valence-corrected chi connectivity index (χ1v) is 11.0. The third kappa shape index (κ3) is 5.03. The molecule has 1 saturated heterocycles. The van der Waals surface area contributed by atoms with E-state index in [-0.39, 0.29) is 17.6 Å². The number of piperazine rings is 1. The van der Waals surface area contributed by atoms with Crippen LogP contribution in [0.4, 0.5) is 0 Å². The molecular formula is C24H28N6O2. The molecule has 0 bridgehead atoms. The number of para-hydroxylation sites is 1. The Labute approximate surface area is 187 Å². The summed E-state index contributed by atoms with van der Waals surface area (Å²) < 4.78 is 1.72. The normalized spacial score (nSPS) is 14.3. The molecule has 3 aromatic rings. The van der Waals surface area contributed by atoms with E-state index in [1.807, 2.05) is 67.6 Å². The highest BCUT2D eigenvalue weighted by molar-refractivity contribution is 5.91. The monoisotopic (exact) mass is 432 g/mol. The second-order valence-electron chi connectivity index (χ2n) is 7.79. The summed E-state index contributed by atoms with van der Waals surface area (Å²) in [5.74, 6) is 0.655. The number of nitrogens with zero attached hydrogens (tertiary/aromatic N) is 5. The van der Waals surface area contributed by atoms with Gasteiger partial charge in [-0.05, 0) is 18.6 Å². The number of carbonyl (C=O) groups excluding carboxylic acids is 2. The number of benzene rings is 2. The Morgan fingerprint density at radius 2 is 1.59 bits per heavy atom. The maximum absolute atomic E-state index is 13.2. The van der Waals surface area contributed by atoms with E-state index < -0.39 is 0 Å². The maximum atomic E-state index is 13.2. The van der Waals surface area contributed by atoms with Gasteiger partial charge >= 0.3 is 0 Å². The molecule has 1 N–H and O–H groups in total. The lowest BCUT2D eigenvalue weighted by molar-refractivity contribution is -0.122. The predicted octanol–water partition coefficient (Wildman–Crippen LogP) is 2.22. The van der Waals surface area contributed by atoms with Gasteiger partial charge in [-0.2, -0.15) is 0 Å². The van der Waals surface area contributed by atoms with Gasteiger partial charge in [0.1, 0.15) is 0 Å². The fourth-order valence-corrected chi connectivity index (χ4v) is 3.70. The largest absolute Gasteiger partial charge is 0.355 e. The number of hydrogen-bond donors (Lipinski definition) is 1. The smallest absolute Gasteiger partial charge is 0.293 e. The zero-order chi connectivity index (χ0) is 22.3. The van der Waals surface area contributed by atoms with Gasteiger partial charge in [-0.3, -0.25) is 14.5 Å². The van der Waals surface area contributed by atoms with Gasteiger partial charge in [-0.25, -0.2) is 9.67 Å². The molecule has 4 rings (SSSR count). The van der Waals surface area contributed by atoms with Crippen LogP contribution < -0.4 is 5.32 Å². The van der Waals surface area contributed by atoms with E-state index in [0.29, 0.717) is 45.1 Å². The molecule has 1 fully saturated rings. The summed E-state index contributed by atoms with van der Waals surface area (Å²) in [4.78, 5) is 33.6. The molecule has 1 aromatic heterocycles. The Morgan fingerprint density at radius 1 is 0.938 bits per heavy atom. The molecule has 0 atom stereocenters. The van der Waals surface area contributed by atoms with Gasteiger partial charge in [-0.15, -0.1) is 5.10 Å². The zero-order valence-corrected chi connectivity index (χ0v) is 18.3. The molecule has 166 valence electrons. The van der Waals surface area contributed by atoms with Crippen molar-refractivity contribution in [1.29, 1.82) is 0 Å². The van der Waals surface area contributed by atoms with Crippen molar-refractivity contribution in [2.45, 2.75) is 13.3 Å². The van der Waals surface area contributed by atoms with E-state index in [1.54, 1.807) is 9.58 Å². The molecule has 0 spiro atoms. The molecule has 2 heterocycles. The van der Waals surface area contributed by atoms with Gasteiger partial charge in [-0.1, -0.05) is 55.5 Å². The van der Waals surface area contributed by atoms with E-state index in [0.717, 1.165) is 17.7 Å². The van der Waals surface area contributed by atoms with Crippen LogP contribution in [0.15, 0.2) is 60.7 Å². The van der Waals surface area contributed by atoms with Gasteiger partial charge < -0.3 is 10.2 Å². The molecule has 2 amide bonds. The topological polar surface area (TPSA) is 83.4 Å². The lowest BCUT2D eigenvalue weighted by atomic mass is 10.2. The van der Waals surface area contributed by atoms with E-state index in [4.69, 9.17) is 0 Å². The third-order valence-corrected chi connectivity index (χ3v) is 5.43. The average molecular weight is 433 g/mol. The van der Waals surface area contributed by atoms with Gasteiger partial charge in [0.25, 0.3) is 5.91 Å². The second-order valence-corrected chi connectivity index (χ2v) is 7.79. The van der Waals surface area contributed by atoms with Crippen LogP contribution in [0.5, 0.6) is 0 Å². The second kappa shape index (κ2) is 10.2. The maximum Gasteiger partial charge on any atom is 0.293 e. The molecule has 32 heavy (non-hydrogen) atoms. The standard InChI is InChI=1S/C24H28N6O2/c1-2-13-25-21(31)18-28-14-16-29(17-15-28)24(32)22-26-23(19-9-5-3-6-10-19)30(27-22)20-11-7-4-8-12-20/h3-12H,2,13-18H2,1H3,(H,25,31). The SMILES string of the molecule is CCCNC(=O)CN1CCN(C(=O)c2nc(-c3ccccc3)n(-c3ccccc3)n2)CC1. The van der Waals surface area contributed by atoms with Crippen LogP contribution in [0.1, 0.15) is 24.0 Å². The summed E-state index contributed by atoms with van der Waals surface area (Å²) in [5, 5.41) is 7.47. The van der Waals surface area contributed by atoms with Crippen molar-refractivity contribution in [2.24, 2.45) is 0 Å². The number of hydrogen-bond acceptors (Lipinski definition) is 5. The number of carbonyl (C=O) groups is 2. The highest BCUT2D eigenvalue weighted by atomic mass is 16.2. The summed E-state index contributed by atoms with van der Waals surface area (Å²) in [6, 6.07) is 19.4. The Morgan fingerprint density at radius 3 is 2.25 bits per heavy atom. The molecule has 2 aromatic carbocycles. The van der Waals surface area contributed by atoms with Crippen LogP contribution in [0.25, 0.3) is 17.1 Å². The summed E-state index contributed by atoms with van der Waals surface area (Å²) >= 11 is 0. The average Bonchev–Trinajstić information content (AvgIpc) is 3.29. The lowest BCUT2D eigenvalue weighted by Crippen LogP contribution is -2.51. The van der Waals surface area contributed by atoms with E-state index in [9.17, 15) is 9.59 Å². The third-order valence-electron chi connectivity index (χ3n) is 5.43. The summed E-state index contributed by atoms with van der Waals surface area (Å²) in [7, 11) is 0. The quantitative estimate of drug-likeness (QED) is 0.619. The van der Waals surface area contributed by atoms with Crippen LogP contribution in [-0.4, -0.2) is 75.6 Å². The molecule has 1 aliphatic rings. The van der Waals surface area contributed by atoms with Crippen LogP contribution in [0.3, 0.4) is 0 Å².